The molecule has 2 aromatic rings. The van der Waals surface area contributed by atoms with Crippen molar-refractivity contribution in [2.75, 3.05) is 11.9 Å². The molecule has 5 heteroatoms. The Hall–Kier alpha value is -1.91. The van der Waals surface area contributed by atoms with Crippen molar-refractivity contribution in [3.63, 3.8) is 0 Å². The number of imidazole rings is 1. The van der Waals surface area contributed by atoms with Crippen LogP contribution >= 0.6 is 0 Å². The fourth-order valence-corrected chi connectivity index (χ4v) is 1.25. The zero-order chi connectivity index (χ0) is 10.5. The second kappa shape index (κ2) is 4.54. The van der Waals surface area contributed by atoms with Crippen LogP contribution in [-0.4, -0.2) is 21.5 Å². The summed E-state index contributed by atoms with van der Waals surface area (Å²) in [7, 11) is 0. The highest BCUT2D eigenvalue weighted by molar-refractivity contribution is 5.35. The maximum atomic E-state index is 13.1. The van der Waals surface area contributed by atoms with E-state index in [1.54, 1.807) is 24.7 Å². The molecule has 0 bridgehead atoms. The van der Waals surface area contributed by atoms with Gasteiger partial charge in [-0.25, -0.2) is 14.4 Å². The van der Waals surface area contributed by atoms with Crippen LogP contribution in [0.15, 0.2) is 30.7 Å². The second-order valence-electron chi connectivity index (χ2n) is 3.05. The Bertz CT molecular complexity index is 413. The molecule has 0 fully saturated rings. The van der Waals surface area contributed by atoms with Crippen LogP contribution in [-0.2, 0) is 6.42 Å². The van der Waals surface area contributed by atoms with Crippen molar-refractivity contribution in [1.82, 2.24) is 15.0 Å². The first kappa shape index (κ1) is 9.64. The standard InChI is InChI=1S/C10H11FN4/c11-8-2-1-4-14-10(8)15-5-3-9-12-6-7-13-9/h1-2,4,6-7H,3,5H2,(H,12,13)(H,14,15). The molecule has 0 aliphatic carbocycles. The van der Waals surface area contributed by atoms with E-state index in [4.69, 9.17) is 0 Å². The van der Waals surface area contributed by atoms with Gasteiger partial charge >= 0.3 is 0 Å². The number of nitrogens with one attached hydrogen (secondary N) is 2. The number of pyridine rings is 1. The van der Waals surface area contributed by atoms with Crippen LogP contribution in [0.3, 0.4) is 0 Å². The molecular weight excluding hydrogens is 195 g/mol. The topological polar surface area (TPSA) is 53.6 Å². The van der Waals surface area contributed by atoms with Crippen LogP contribution in [0.1, 0.15) is 5.82 Å². The highest BCUT2D eigenvalue weighted by atomic mass is 19.1. The quantitative estimate of drug-likeness (QED) is 0.798. The summed E-state index contributed by atoms with van der Waals surface area (Å²) in [6, 6.07) is 2.94. The third-order valence-electron chi connectivity index (χ3n) is 1.97. The summed E-state index contributed by atoms with van der Waals surface area (Å²) in [5.41, 5.74) is 0. The number of anilines is 1. The molecule has 0 amide bonds. The van der Waals surface area contributed by atoms with Gasteiger partial charge in [0, 0.05) is 31.6 Å². The molecule has 0 spiro atoms. The number of halogens is 1. The first-order valence-corrected chi connectivity index (χ1v) is 4.69. The number of hydrogen-bond acceptors (Lipinski definition) is 3. The molecule has 0 aromatic carbocycles. The Morgan fingerprint density at radius 3 is 3.00 bits per heavy atom. The molecule has 0 aliphatic heterocycles. The van der Waals surface area contributed by atoms with Crippen LogP contribution in [0.25, 0.3) is 0 Å². The summed E-state index contributed by atoms with van der Waals surface area (Å²) in [6.45, 7) is 0.599. The zero-order valence-electron chi connectivity index (χ0n) is 8.07. The van der Waals surface area contributed by atoms with Gasteiger partial charge in [0.15, 0.2) is 11.6 Å². The molecule has 2 heterocycles. The van der Waals surface area contributed by atoms with E-state index in [9.17, 15) is 4.39 Å². The molecule has 78 valence electrons. The van der Waals surface area contributed by atoms with Crippen LogP contribution < -0.4 is 5.32 Å². The Balaban J connectivity index is 1.86. The van der Waals surface area contributed by atoms with Gasteiger partial charge in [0.1, 0.15) is 5.82 Å². The Morgan fingerprint density at radius 1 is 1.33 bits per heavy atom. The number of aromatic amines is 1. The summed E-state index contributed by atoms with van der Waals surface area (Å²) in [5, 5.41) is 2.91. The van der Waals surface area contributed by atoms with Crippen molar-refractivity contribution in [2.24, 2.45) is 0 Å². The molecule has 15 heavy (non-hydrogen) atoms. The summed E-state index contributed by atoms with van der Waals surface area (Å²) in [5.74, 6) is 0.819. The SMILES string of the molecule is Fc1cccnc1NCCc1ncc[nH]1. The summed E-state index contributed by atoms with van der Waals surface area (Å²) in [4.78, 5) is 10.9. The number of nitrogens with zero attached hydrogens (tertiary/aromatic N) is 2. The third kappa shape index (κ3) is 2.52. The first-order valence-electron chi connectivity index (χ1n) is 4.69. The van der Waals surface area contributed by atoms with E-state index in [2.05, 4.69) is 20.3 Å². The smallest absolute Gasteiger partial charge is 0.165 e. The van der Waals surface area contributed by atoms with E-state index in [0.717, 1.165) is 5.82 Å². The normalized spacial score (nSPS) is 10.2. The molecule has 0 unspecified atom stereocenters. The number of rotatable bonds is 4. The molecule has 2 rings (SSSR count). The monoisotopic (exact) mass is 206 g/mol. The van der Waals surface area contributed by atoms with Crippen molar-refractivity contribution in [3.8, 4) is 0 Å². The van der Waals surface area contributed by atoms with Gasteiger partial charge < -0.3 is 10.3 Å². The largest absolute Gasteiger partial charge is 0.367 e. The maximum Gasteiger partial charge on any atom is 0.165 e. The third-order valence-corrected chi connectivity index (χ3v) is 1.97. The van der Waals surface area contributed by atoms with Gasteiger partial charge in [-0.15, -0.1) is 0 Å². The lowest BCUT2D eigenvalue weighted by Gasteiger charge is -2.04. The lowest BCUT2D eigenvalue weighted by molar-refractivity contribution is 0.624. The molecule has 0 saturated carbocycles. The van der Waals surface area contributed by atoms with Crippen molar-refractivity contribution in [2.45, 2.75) is 6.42 Å². The van der Waals surface area contributed by atoms with Crippen molar-refractivity contribution < 1.29 is 4.39 Å². The average molecular weight is 206 g/mol. The Labute approximate surface area is 86.6 Å². The van der Waals surface area contributed by atoms with Gasteiger partial charge in [0.2, 0.25) is 0 Å². The first-order chi connectivity index (χ1) is 7.36. The van der Waals surface area contributed by atoms with Gasteiger partial charge in [0.25, 0.3) is 0 Å². The van der Waals surface area contributed by atoms with Gasteiger partial charge in [-0.05, 0) is 12.1 Å². The van der Waals surface area contributed by atoms with Crippen LogP contribution in [0.4, 0.5) is 10.2 Å². The zero-order valence-corrected chi connectivity index (χ0v) is 8.07. The van der Waals surface area contributed by atoms with Crippen LogP contribution in [0.5, 0.6) is 0 Å². The van der Waals surface area contributed by atoms with Gasteiger partial charge in [-0.3, -0.25) is 0 Å². The average Bonchev–Trinajstić information content (AvgIpc) is 2.74. The molecule has 0 atom stereocenters. The fraction of sp³-hybridized carbons (Fsp3) is 0.200. The second-order valence-corrected chi connectivity index (χ2v) is 3.05. The van der Waals surface area contributed by atoms with E-state index in [0.29, 0.717) is 13.0 Å². The minimum atomic E-state index is -0.336. The molecule has 2 aromatic heterocycles. The number of aromatic nitrogens is 3. The Morgan fingerprint density at radius 2 is 2.27 bits per heavy atom. The van der Waals surface area contributed by atoms with Crippen molar-refractivity contribution in [3.05, 3.63) is 42.4 Å². The minimum absolute atomic E-state index is 0.282. The van der Waals surface area contributed by atoms with Crippen LogP contribution in [0.2, 0.25) is 0 Å². The molecular formula is C10H11FN4. The lowest BCUT2D eigenvalue weighted by Crippen LogP contribution is -2.08. The van der Waals surface area contributed by atoms with E-state index < -0.39 is 0 Å². The summed E-state index contributed by atoms with van der Waals surface area (Å²) in [6.07, 6.45) is 5.72. The van der Waals surface area contributed by atoms with Crippen molar-refractivity contribution >= 4 is 5.82 Å². The highest BCUT2D eigenvalue weighted by Gasteiger charge is 2.01. The van der Waals surface area contributed by atoms with Gasteiger partial charge in [-0.2, -0.15) is 0 Å². The lowest BCUT2D eigenvalue weighted by atomic mass is 10.4. The molecule has 0 aliphatic rings. The van der Waals surface area contributed by atoms with E-state index in [1.165, 1.54) is 6.07 Å². The molecule has 2 N–H and O–H groups in total. The fourth-order valence-electron chi connectivity index (χ4n) is 1.25. The Kier molecular flexibility index (Phi) is 2.92. The summed E-state index contributed by atoms with van der Waals surface area (Å²) >= 11 is 0. The molecule has 4 nitrogen and oxygen atoms in total. The molecule has 0 radical (unpaired) electrons. The number of H-pyrrole nitrogens is 1. The summed E-state index contributed by atoms with van der Waals surface area (Å²) < 4.78 is 13.1. The predicted molar refractivity (Wildman–Crippen MR) is 55.0 cm³/mol. The number of hydrogen-bond donors (Lipinski definition) is 2. The van der Waals surface area contributed by atoms with Crippen molar-refractivity contribution in [1.29, 1.82) is 0 Å². The predicted octanol–water partition coefficient (Wildman–Crippen LogP) is 1.60. The van der Waals surface area contributed by atoms with Crippen LogP contribution in [0, 0.1) is 5.82 Å². The minimum Gasteiger partial charge on any atom is -0.367 e. The maximum absolute atomic E-state index is 13.1. The van der Waals surface area contributed by atoms with Gasteiger partial charge in [0.05, 0.1) is 0 Å². The van der Waals surface area contributed by atoms with E-state index in [-0.39, 0.29) is 11.6 Å². The van der Waals surface area contributed by atoms with Gasteiger partial charge in [-0.1, -0.05) is 0 Å². The molecule has 0 saturated heterocycles. The van der Waals surface area contributed by atoms with E-state index >= 15 is 0 Å². The highest BCUT2D eigenvalue weighted by Crippen LogP contribution is 2.07. The van der Waals surface area contributed by atoms with E-state index in [1.807, 2.05) is 0 Å².